The van der Waals surface area contributed by atoms with Gasteiger partial charge >= 0.3 is 0 Å². The van der Waals surface area contributed by atoms with Crippen LogP contribution in [0.15, 0.2) is 4.99 Å². The molecule has 142 valence electrons. The maximum atomic E-state index is 5.67. The summed E-state index contributed by atoms with van der Waals surface area (Å²) in [4.78, 5) is 7.39. The number of likely N-dealkylation sites (tertiary alicyclic amines) is 1. The number of hydrogen-bond acceptors (Lipinski definition) is 3. The van der Waals surface area contributed by atoms with Crippen molar-refractivity contribution in [2.24, 2.45) is 10.9 Å². The molecule has 1 heterocycles. The van der Waals surface area contributed by atoms with Gasteiger partial charge in [-0.15, -0.1) is 24.0 Å². The number of piperidine rings is 1. The van der Waals surface area contributed by atoms with E-state index in [1.54, 1.807) is 0 Å². The van der Waals surface area contributed by atoms with Crippen LogP contribution in [0.25, 0.3) is 0 Å². The van der Waals surface area contributed by atoms with Crippen LogP contribution in [0, 0.1) is 5.92 Å². The second-order valence-corrected chi connectivity index (χ2v) is 7.50. The highest BCUT2D eigenvalue weighted by atomic mass is 127. The smallest absolute Gasteiger partial charge is 0.191 e. The van der Waals surface area contributed by atoms with Gasteiger partial charge in [0.15, 0.2) is 5.96 Å². The van der Waals surface area contributed by atoms with Crippen LogP contribution >= 0.6 is 24.0 Å². The van der Waals surface area contributed by atoms with Crippen molar-refractivity contribution in [3.05, 3.63) is 0 Å². The first-order chi connectivity index (χ1) is 11.1. The predicted molar refractivity (Wildman–Crippen MR) is 112 cm³/mol. The van der Waals surface area contributed by atoms with Crippen LogP contribution in [0.3, 0.4) is 0 Å². The van der Waals surface area contributed by atoms with Gasteiger partial charge in [-0.1, -0.05) is 6.42 Å². The van der Waals surface area contributed by atoms with Crippen LogP contribution < -0.4 is 10.6 Å². The Morgan fingerprint density at radius 3 is 2.50 bits per heavy atom. The maximum absolute atomic E-state index is 5.67. The van der Waals surface area contributed by atoms with Crippen molar-refractivity contribution in [2.45, 2.75) is 58.4 Å². The van der Waals surface area contributed by atoms with Gasteiger partial charge in [-0.25, -0.2) is 0 Å². The molecule has 1 saturated heterocycles. The van der Waals surface area contributed by atoms with Gasteiger partial charge in [0.25, 0.3) is 0 Å². The van der Waals surface area contributed by atoms with Crippen molar-refractivity contribution in [3.63, 3.8) is 0 Å². The minimum Gasteiger partial charge on any atom is -0.379 e. The number of guanidine groups is 1. The Morgan fingerprint density at radius 1 is 1.17 bits per heavy atom. The minimum absolute atomic E-state index is 0. The summed E-state index contributed by atoms with van der Waals surface area (Å²) in [5, 5.41) is 6.72. The number of halogens is 1. The van der Waals surface area contributed by atoms with Crippen molar-refractivity contribution in [3.8, 4) is 0 Å². The van der Waals surface area contributed by atoms with Crippen LogP contribution in [0.5, 0.6) is 0 Å². The van der Waals surface area contributed by atoms with Gasteiger partial charge in [0.1, 0.15) is 0 Å². The lowest BCUT2D eigenvalue weighted by molar-refractivity contribution is 0.102. The Balaban J connectivity index is 0.00000288. The first kappa shape index (κ1) is 22.0. The summed E-state index contributed by atoms with van der Waals surface area (Å²) in [6.07, 6.45) is 6.72. The monoisotopic (exact) mass is 452 g/mol. The van der Waals surface area contributed by atoms with Crippen molar-refractivity contribution >= 4 is 29.9 Å². The molecule has 0 amide bonds. The van der Waals surface area contributed by atoms with E-state index in [0.29, 0.717) is 0 Å². The summed E-state index contributed by atoms with van der Waals surface area (Å²) in [7, 11) is 0. The van der Waals surface area contributed by atoms with E-state index in [9.17, 15) is 0 Å². The third-order valence-corrected chi connectivity index (χ3v) is 4.77. The van der Waals surface area contributed by atoms with Crippen molar-refractivity contribution in [1.82, 2.24) is 15.5 Å². The topological polar surface area (TPSA) is 48.9 Å². The summed E-state index contributed by atoms with van der Waals surface area (Å²) in [5.74, 6) is 1.75. The molecule has 0 aromatic carbocycles. The van der Waals surface area contributed by atoms with Crippen LogP contribution in [-0.2, 0) is 4.74 Å². The number of aliphatic imine (C=N–C) groups is 1. The first-order valence-electron chi connectivity index (χ1n) is 9.47. The zero-order valence-corrected chi connectivity index (χ0v) is 18.1. The van der Waals surface area contributed by atoms with Gasteiger partial charge < -0.3 is 15.4 Å². The third kappa shape index (κ3) is 8.34. The van der Waals surface area contributed by atoms with Gasteiger partial charge in [0.05, 0.1) is 13.2 Å². The fraction of sp³-hybridized carbons (Fsp3) is 0.944. The molecular weight excluding hydrogens is 415 g/mol. The average molecular weight is 452 g/mol. The third-order valence-electron chi connectivity index (χ3n) is 4.77. The van der Waals surface area contributed by atoms with E-state index >= 15 is 0 Å². The SMILES string of the molecule is CCNC(=NCC(C)(C)N1CCCCC1)NCCOCC1CC1.I. The van der Waals surface area contributed by atoms with Gasteiger partial charge in [-0.3, -0.25) is 9.89 Å². The maximum Gasteiger partial charge on any atom is 0.191 e. The van der Waals surface area contributed by atoms with E-state index in [0.717, 1.165) is 44.7 Å². The number of ether oxygens (including phenoxy) is 1. The van der Waals surface area contributed by atoms with E-state index in [-0.39, 0.29) is 29.5 Å². The van der Waals surface area contributed by atoms with Gasteiger partial charge in [0.2, 0.25) is 0 Å². The van der Waals surface area contributed by atoms with Gasteiger partial charge in [0, 0.05) is 25.2 Å². The Kier molecular flexibility index (Phi) is 10.5. The lowest BCUT2D eigenvalue weighted by Crippen LogP contribution is -2.49. The Bertz CT molecular complexity index is 366. The molecule has 0 aromatic rings. The van der Waals surface area contributed by atoms with Crippen LogP contribution in [0.1, 0.15) is 52.9 Å². The fourth-order valence-corrected chi connectivity index (χ4v) is 2.99. The van der Waals surface area contributed by atoms with E-state index in [2.05, 4.69) is 36.3 Å². The zero-order valence-electron chi connectivity index (χ0n) is 15.8. The number of rotatable bonds is 9. The largest absolute Gasteiger partial charge is 0.379 e. The van der Waals surface area contributed by atoms with E-state index < -0.39 is 0 Å². The molecule has 24 heavy (non-hydrogen) atoms. The van der Waals surface area contributed by atoms with E-state index in [1.165, 1.54) is 45.2 Å². The molecule has 1 saturated carbocycles. The zero-order chi connectivity index (χ0) is 16.5. The molecule has 0 atom stereocenters. The second-order valence-electron chi connectivity index (χ2n) is 7.50. The molecule has 1 aliphatic carbocycles. The number of hydrogen-bond donors (Lipinski definition) is 2. The molecule has 0 aromatic heterocycles. The van der Waals surface area contributed by atoms with E-state index in [4.69, 9.17) is 9.73 Å². The molecular formula is C18H37IN4O. The van der Waals surface area contributed by atoms with Gasteiger partial charge in [-0.05, 0) is 65.5 Å². The molecule has 2 fully saturated rings. The summed E-state index contributed by atoms with van der Waals surface area (Å²) in [5.41, 5.74) is 0.130. The molecule has 2 aliphatic rings. The van der Waals surface area contributed by atoms with Crippen LogP contribution in [0.2, 0.25) is 0 Å². The molecule has 6 heteroatoms. The molecule has 1 aliphatic heterocycles. The quantitative estimate of drug-likeness (QED) is 0.245. The molecule has 2 rings (SSSR count). The fourth-order valence-electron chi connectivity index (χ4n) is 2.99. The van der Waals surface area contributed by atoms with E-state index in [1.807, 2.05) is 0 Å². The molecule has 5 nitrogen and oxygen atoms in total. The first-order valence-corrected chi connectivity index (χ1v) is 9.47. The molecule has 2 N–H and O–H groups in total. The number of nitrogens with one attached hydrogen (secondary N) is 2. The highest BCUT2D eigenvalue weighted by Crippen LogP contribution is 2.28. The lowest BCUT2D eigenvalue weighted by Gasteiger charge is -2.40. The Hall–Kier alpha value is -0.0800. The minimum atomic E-state index is 0. The normalized spacial score (nSPS) is 19.7. The van der Waals surface area contributed by atoms with Crippen LogP contribution in [-0.4, -0.2) is 62.3 Å². The van der Waals surface area contributed by atoms with Crippen molar-refractivity contribution in [2.75, 3.05) is 45.9 Å². The average Bonchev–Trinajstić information content (AvgIpc) is 3.37. The van der Waals surface area contributed by atoms with Crippen molar-refractivity contribution in [1.29, 1.82) is 0 Å². The molecule has 0 bridgehead atoms. The summed E-state index contributed by atoms with van der Waals surface area (Å²) >= 11 is 0. The molecule has 0 radical (unpaired) electrons. The second kappa shape index (κ2) is 11.5. The Morgan fingerprint density at radius 2 is 1.88 bits per heavy atom. The summed E-state index contributed by atoms with van der Waals surface area (Å²) < 4.78 is 5.67. The highest BCUT2D eigenvalue weighted by molar-refractivity contribution is 14.0. The summed E-state index contributed by atoms with van der Waals surface area (Å²) in [6, 6.07) is 0. The predicted octanol–water partition coefficient (Wildman–Crippen LogP) is 2.85. The van der Waals surface area contributed by atoms with Crippen molar-refractivity contribution < 1.29 is 4.74 Å². The summed E-state index contributed by atoms with van der Waals surface area (Å²) in [6.45, 7) is 13.4. The highest BCUT2D eigenvalue weighted by Gasteiger charge is 2.27. The lowest BCUT2D eigenvalue weighted by atomic mass is 9.99. The molecule has 0 unspecified atom stereocenters. The van der Waals surface area contributed by atoms with Gasteiger partial charge in [-0.2, -0.15) is 0 Å². The van der Waals surface area contributed by atoms with Crippen LogP contribution in [0.4, 0.5) is 0 Å². The standard InChI is InChI=1S/C18H36N4O.HI/c1-4-19-17(20-10-13-23-14-16-8-9-16)21-15-18(2,3)22-11-6-5-7-12-22;/h16H,4-15H2,1-3H3,(H2,19,20,21);1H. The Labute approximate surface area is 165 Å². The number of nitrogens with zero attached hydrogens (tertiary/aromatic N) is 2. The molecule has 0 spiro atoms.